The highest BCUT2D eigenvalue weighted by molar-refractivity contribution is 6.30. The van der Waals surface area contributed by atoms with E-state index < -0.39 is 0 Å². The third kappa shape index (κ3) is 2.06. The van der Waals surface area contributed by atoms with Gasteiger partial charge in [0, 0.05) is 22.2 Å². The second-order valence-electron chi connectivity index (χ2n) is 5.31. The predicted molar refractivity (Wildman–Crippen MR) is 71.4 cm³/mol. The Hall–Kier alpha value is -0.930. The van der Waals surface area contributed by atoms with Crippen LogP contribution in [0.5, 0.6) is 11.5 Å². The molecule has 0 aromatic heterocycles. The van der Waals surface area contributed by atoms with Gasteiger partial charge in [-0.05, 0) is 38.2 Å². The molecule has 0 saturated heterocycles. The average Bonchev–Trinajstić information content (AvgIpc) is 3.03. The first-order chi connectivity index (χ1) is 8.62. The summed E-state index contributed by atoms with van der Waals surface area (Å²) < 4.78 is 11.5. The Morgan fingerprint density at radius 1 is 1.33 bits per heavy atom. The van der Waals surface area contributed by atoms with Crippen molar-refractivity contribution in [1.82, 2.24) is 0 Å². The Labute approximate surface area is 112 Å². The van der Waals surface area contributed by atoms with Crippen LogP contribution in [-0.2, 0) is 5.54 Å². The summed E-state index contributed by atoms with van der Waals surface area (Å²) in [5, 5.41) is 0.652. The molecule has 2 aliphatic carbocycles. The Morgan fingerprint density at radius 2 is 2.06 bits per heavy atom. The van der Waals surface area contributed by atoms with Crippen molar-refractivity contribution in [2.75, 3.05) is 7.11 Å². The molecule has 0 spiro atoms. The first-order valence-electron chi connectivity index (χ1n) is 6.46. The summed E-state index contributed by atoms with van der Waals surface area (Å²) in [6.45, 7) is 0. The van der Waals surface area contributed by atoms with Crippen molar-refractivity contribution >= 4 is 11.6 Å². The van der Waals surface area contributed by atoms with Crippen molar-refractivity contribution in [2.45, 2.75) is 43.7 Å². The van der Waals surface area contributed by atoms with Crippen LogP contribution in [0.3, 0.4) is 0 Å². The van der Waals surface area contributed by atoms with Crippen LogP contribution in [0.25, 0.3) is 0 Å². The van der Waals surface area contributed by atoms with Gasteiger partial charge in [-0.2, -0.15) is 0 Å². The standard InChI is InChI=1S/C14H18ClNO2/c1-17-12-8-9(15)7-11(14(16)5-6-14)13(12)18-10-3-2-4-10/h7-8,10H,2-6,16H2,1H3. The lowest BCUT2D eigenvalue weighted by Crippen LogP contribution is -2.27. The van der Waals surface area contributed by atoms with E-state index in [1.807, 2.05) is 6.07 Å². The highest BCUT2D eigenvalue weighted by atomic mass is 35.5. The first-order valence-corrected chi connectivity index (χ1v) is 6.84. The largest absolute Gasteiger partial charge is 0.493 e. The second-order valence-corrected chi connectivity index (χ2v) is 5.75. The van der Waals surface area contributed by atoms with Crippen LogP contribution in [-0.4, -0.2) is 13.2 Å². The minimum absolute atomic E-state index is 0.267. The smallest absolute Gasteiger partial charge is 0.166 e. The van der Waals surface area contributed by atoms with Gasteiger partial charge in [0.05, 0.1) is 13.2 Å². The summed E-state index contributed by atoms with van der Waals surface area (Å²) in [4.78, 5) is 0. The summed E-state index contributed by atoms with van der Waals surface area (Å²) >= 11 is 6.13. The third-order valence-corrected chi connectivity index (χ3v) is 4.12. The Kier molecular flexibility index (Phi) is 2.91. The third-order valence-electron chi connectivity index (χ3n) is 3.90. The van der Waals surface area contributed by atoms with Gasteiger partial charge in [-0.25, -0.2) is 0 Å². The lowest BCUT2D eigenvalue weighted by atomic mass is 9.95. The van der Waals surface area contributed by atoms with Crippen LogP contribution in [0.15, 0.2) is 12.1 Å². The second kappa shape index (κ2) is 4.32. The van der Waals surface area contributed by atoms with E-state index in [9.17, 15) is 0 Å². The molecule has 2 saturated carbocycles. The Bertz CT molecular complexity index is 467. The van der Waals surface area contributed by atoms with Gasteiger partial charge in [0.1, 0.15) is 0 Å². The fourth-order valence-corrected chi connectivity index (χ4v) is 2.48. The van der Waals surface area contributed by atoms with Gasteiger partial charge >= 0.3 is 0 Å². The molecule has 0 radical (unpaired) electrons. The monoisotopic (exact) mass is 267 g/mol. The molecule has 1 aromatic rings. The zero-order valence-electron chi connectivity index (χ0n) is 10.5. The van der Waals surface area contributed by atoms with E-state index in [4.69, 9.17) is 26.8 Å². The lowest BCUT2D eigenvalue weighted by molar-refractivity contribution is 0.114. The predicted octanol–water partition coefficient (Wildman–Crippen LogP) is 3.23. The van der Waals surface area contributed by atoms with Crippen LogP contribution in [0.4, 0.5) is 0 Å². The molecule has 2 N–H and O–H groups in total. The molecule has 2 fully saturated rings. The zero-order valence-corrected chi connectivity index (χ0v) is 11.3. The van der Waals surface area contributed by atoms with Gasteiger partial charge in [-0.3, -0.25) is 0 Å². The van der Waals surface area contributed by atoms with Gasteiger partial charge in [0.2, 0.25) is 0 Å². The van der Waals surface area contributed by atoms with Crippen LogP contribution in [0.2, 0.25) is 5.02 Å². The van der Waals surface area contributed by atoms with E-state index in [0.29, 0.717) is 16.9 Å². The maximum atomic E-state index is 6.30. The van der Waals surface area contributed by atoms with Crippen LogP contribution < -0.4 is 15.2 Å². The van der Waals surface area contributed by atoms with Crippen molar-refractivity contribution < 1.29 is 9.47 Å². The van der Waals surface area contributed by atoms with Crippen molar-refractivity contribution in [3.63, 3.8) is 0 Å². The van der Waals surface area contributed by atoms with Gasteiger partial charge < -0.3 is 15.2 Å². The number of nitrogens with two attached hydrogens (primary N) is 1. The molecule has 0 unspecified atom stereocenters. The fourth-order valence-electron chi connectivity index (χ4n) is 2.27. The number of methoxy groups -OCH3 is 1. The van der Waals surface area contributed by atoms with E-state index in [0.717, 1.165) is 37.0 Å². The maximum absolute atomic E-state index is 6.30. The van der Waals surface area contributed by atoms with Gasteiger partial charge in [-0.15, -0.1) is 0 Å². The van der Waals surface area contributed by atoms with Crippen LogP contribution >= 0.6 is 11.6 Å². The minimum atomic E-state index is -0.267. The molecular formula is C14H18ClNO2. The number of hydrogen-bond acceptors (Lipinski definition) is 3. The summed E-state index contributed by atoms with van der Waals surface area (Å²) in [6, 6.07) is 3.72. The highest BCUT2D eigenvalue weighted by Gasteiger charge is 2.43. The summed E-state index contributed by atoms with van der Waals surface area (Å²) in [5.41, 5.74) is 7.03. The topological polar surface area (TPSA) is 44.5 Å². The molecule has 0 atom stereocenters. The number of benzene rings is 1. The summed E-state index contributed by atoms with van der Waals surface area (Å²) in [7, 11) is 1.64. The van der Waals surface area contributed by atoms with E-state index in [1.165, 1.54) is 6.42 Å². The number of rotatable bonds is 4. The number of ether oxygens (including phenoxy) is 2. The molecule has 1 aromatic carbocycles. The molecule has 4 heteroatoms. The molecule has 18 heavy (non-hydrogen) atoms. The van der Waals surface area contributed by atoms with Crippen molar-refractivity contribution in [2.24, 2.45) is 5.73 Å². The summed E-state index contributed by atoms with van der Waals surface area (Å²) in [6.07, 6.45) is 5.74. The summed E-state index contributed by atoms with van der Waals surface area (Å²) in [5.74, 6) is 1.49. The molecule has 98 valence electrons. The SMILES string of the molecule is COc1cc(Cl)cc(C2(N)CC2)c1OC1CCC1. The lowest BCUT2D eigenvalue weighted by Gasteiger charge is -2.29. The highest BCUT2D eigenvalue weighted by Crippen LogP contribution is 2.51. The van der Waals surface area contributed by atoms with E-state index in [2.05, 4.69) is 0 Å². The molecule has 2 aliphatic rings. The quantitative estimate of drug-likeness (QED) is 0.911. The number of halogens is 1. The minimum Gasteiger partial charge on any atom is -0.493 e. The Morgan fingerprint density at radius 3 is 2.56 bits per heavy atom. The zero-order chi connectivity index (χ0) is 12.8. The molecule has 0 heterocycles. The van der Waals surface area contributed by atoms with Crippen molar-refractivity contribution in [3.8, 4) is 11.5 Å². The van der Waals surface area contributed by atoms with E-state index in [1.54, 1.807) is 13.2 Å². The molecule has 3 rings (SSSR count). The average molecular weight is 268 g/mol. The van der Waals surface area contributed by atoms with Gasteiger partial charge in [-0.1, -0.05) is 11.6 Å². The van der Waals surface area contributed by atoms with Gasteiger partial charge in [0.15, 0.2) is 11.5 Å². The van der Waals surface area contributed by atoms with Crippen molar-refractivity contribution in [3.05, 3.63) is 22.7 Å². The van der Waals surface area contributed by atoms with Crippen LogP contribution in [0, 0.1) is 0 Å². The maximum Gasteiger partial charge on any atom is 0.166 e. The van der Waals surface area contributed by atoms with E-state index in [-0.39, 0.29) is 5.54 Å². The Balaban J connectivity index is 2.00. The molecule has 0 amide bonds. The molecular weight excluding hydrogens is 250 g/mol. The molecule has 0 aliphatic heterocycles. The number of hydrogen-bond donors (Lipinski definition) is 1. The van der Waals surface area contributed by atoms with Gasteiger partial charge in [0.25, 0.3) is 0 Å². The molecule has 0 bridgehead atoms. The van der Waals surface area contributed by atoms with E-state index >= 15 is 0 Å². The fraction of sp³-hybridized carbons (Fsp3) is 0.571. The normalized spacial score (nSPS) is 21.3. The van der Waals surface area contributed by atoms with Crippen LogP contribution in [0.1, 0.15) is 37.7 Å². The van der Waals surface area contributed by atoms with Crippen molar-refractivity contribution in [1.29, 1.82) is 0 Å². The molecule has 3 nitrogen and oxygen atoms in total. The first kappa shape index (κ1) is 12.1.